The van der Waals surface area contributed by atoms with Crippen LogP contribution < -0.4 is 5.32 Å². The molecular weight excluding hydrogens is 330 g/mol. The van der Waals surface area contributed by atoms with E-state index in [1.807, 2.05) is 18.8 Å². The van der Waals surface area contributed by atoms with E-state index in [1.54, 1.807) is 0 Å². The minimum Gasteiger partial charge on any atom is -0.316 e. The molecule has 0 aliphatic rings. The first-order chi connectivity index (χ1) is 9.67. The highest BCUT2D eigenvalue weighted by atomic mass is 79.9. The van der Waals surface area contributed by atoms with Crippen molar-refractivity contribution in [3.63, 3.8) is 0 Å². The minimum atomic E-state index is 0.492. The van der Waals surface area contributed by atoms with E-state index in [0.29, 0.717) is 6.04 Å². The standard InChI is InChI=1S/C17H20BrNS/c1-13-3-5-14(6-4-13)11-16(19-2)12-20-17-9-7-15(18)8-10-17/h3-10,16,19H,11-12H2,1-2H3. The van der Waals surface area contributed by atoms with Gasteiger partial charge in [0.25, 0.3) is 0 Å². The highest BCUT2D eigenvalue weighted by Gasteiger charge is 2.08. The zero-order chi connectivity index (χ0) is 14.4. The molecule has 1 N–H and O–H groups in total. The number of hydrogen-bond donors (Lipinski definition) is 1. The van der Waals surface area contributed by atoms with Gasteiger partial charge in [-0.3, -0.25) is 0 Å². The lowest BCUT2D eigenvalue weighted by atomic mass is 10.1. The summed E-state index contributed by atoms with van der Waals surface area (Å²) in [5, 5.41) is 3.42. The van der Waals surface area contributed by atoms with Crippen LogP contribution in [0.5, 0.6) is 0 Å². The first-order valence-electron chi connectivity index (χ1n) is 6.78. The SMILES string of the molecule is CNC(CSc1ccc(Br)cc1)Cc1ccc(C)cc1. The minimum absolute atomic E-state index is 0.492. The third kappa shape index (κ3) is 4.97. The lowest BCUT2D eigenvalue weighted by Crippen LogP contribution is -2.30. The molecule has 3 heteroatoms. The monoisotopic (exact) mass is 349 g/mol. The van der Waals surface area contributed by atoms with E-state index in [1.165, 1.54) is 16.0 Å². The molecule has 0 bridgehead atoms. The Bertz CT molecular complexity index is 522. The molecule has 0 aliphatic heterocycles. The van der Waals surface area contributed by atoms with Gasteiger partial charge in [0, 0.05) is 21.2 Å². The Kier molecular flexibility index (Phi) is 6.14. The average Bonchev–Trinajstić information content (AvgIpc) is 2.47. The van der Waals surface area contributed by atoms with Gasteiger partial charge in [0.15, 0.2) is 0 Å². The van der Waals surface area contributed by atoms with E-state index >= 15 is 0 Å². The Hall–Kier alpha value is -0.770. The fourth-order valence-electron chi connectivity index (χ4n) is 1.98. The Morgan fingerprint density at radius 2 is 1.70 bits per heavy atom. The molecule has 0 aliphatic carbocycles. The van der Waals surface area contributed by atoms with Crippen LogP contribution in [0.3, 0.4) is 0 Å². The smallest absolute Gasteiger partial charge is 0.0199 e. The molecule has 2 aromatic carbocycles. The van der Waals surface area contributed by atoms with E-state index in [-0.39, 0.29) is 0 Å². The predicted molar refractivity (Wildman–Crippen MR) is 92.6 cm³/mol. The van der Waals surface area contributed by atoms with Crippen LogP contribution in [0, 0.1) is 6.92 Å². The second-order valence-corrected chi connectivity index (χ2v) is 6.95. The van der Waals surface area contributed by atoms with Crippen molar-refractivity contribution in [3.8, 4) is 0 Å². The summed E-state index contributed by atoms with van der Waals surface area (Å²) in [6.45, 7) is 2.13. The van der Waals surface area contributed by atoms with Gasteiger partial charge in [-0.15, -0.1) is 11.8 Å². The lowest BCUT2D eigenvalue weighted by Gasteiger charge is -2.16. The maximum atomic E-state index is 3.47. The van der Waals surface area contributed by atoms with Crippen LogP contribution in [-0.4, -0.2) is 18.8 Å². The van der Waals surface area contributed by atoms with Gasteiger partial charge in [-0.25, -0.2) is 0 Å². The maximum Gasteiger partial charge on any atom is 0.0199 e. The third-order valence-corrected chi connectivity index (χ3v) is 4.98. The zero-order valence-electron chi connectivity index (χ0n) is 11.9. The summed E-state index contributed by atoms with van der Waals surface area (Å²) in [5.74, 6) is 1.08. The van der Waals surface area contributed by atoms with Gasteiger partial charge in [0.05, 0.1) is 0 Å². The van der Waals surface area contributed by atoms with Gasteiger partial charge in [-0.05, 0) is 50.2 Å². The number of halogens is 1. The molecule has 0 fully saturated rings. The number of likely N-dealkylation sites (N-methyl/N-ethyl adjacent to an activating group) is 1. The molecule has 0 saturated heterocycles. The topological polar surface area (TPSA) is 12.0 Å². The van der Waals surface area contributed by atoms with E-state index in [2.05, 4.69) is 76.7 Å². The number of hydrogen-bond acceptors (Lipinski definition) is 2. The van der Waals surface area contributed by atoms with Crippen molar-refractivity contribution in [2.75, 3.05) is 12.8 Å². The third-order valence-electron chi connectivity index (χ3n) is 3.28. The molecule has 0 saturated carbocycles. The van der Waals surface area contributed by atoms with Crippen LogP contribution in [-0.2, 0) is 6.42 Å². The lowest BCUT2D eigenvalue weighted by molar-refractivity contribution is 0.617. The fourth-order valence-corrected chi connectivity index (χ4v) is 3.25. The Balaban J connectivity index is 1.88. The van der Waals surface area contributed by atoms with Crippen LogP contribution in [0.15, 0.2) is 57.9 Å². The first kappa shape index (κ1) is 15.6. The molecular formula is C17H20BrNS. The van der Waals surface area contributed by atoms with Crippen molar-refractivity contribution in [1.82, 2.24) is 5.32 Å². The Labute approximate surface area is 134 Å². The number of nitrogens with one attached hydrogen (secondary N) is 1. The van der Waals surface area contributed by atoms with Gasteiger partial charge in [-0.1, -0.05) is 45.8 Å². The molecule has 1 atom stereocenters. The van der Waals surface area contributed by atoms with Crippen molar-refractivity contribution in [2.24, 2.45) is 0 Å². The highest BCUT2D eigenvalue weighted by molar-refractivity contribution is 9.10. The summed E-state index contributed by atoms with van der Waals surface area (Å²) in [6.07, 6.45) is 1.07. The van der Waals surface area contributed by atoms with Crippen LogP contribution in [0.1, 0.15) is 11.1 Å². The van der Waals surface area contributed by atoms with Gasteiger partial charge >= 0.3 is 0 Å². The van der Waals surface area contributed by atoms with Crippen LogP contribution in [0.2, 0.25) is 0 Å². The van der Waals surface area contributed by atoms with Crippen molar-refractivity contribution in [3.05, 3.63) is 64.1 Å². The predicted octanol–water partition coefficient (Wildman–Crippen LogP) is 4.68. The number of benzene rings is 2. The number of aryl methyl sites for hydroxylation is 1. The molecule has 1 nitrogen and oxygen atoms in total. The van der Waals surface area contributed by atoms with E-state index < -0.39 is 0 Å². The quantitative estimate of drug-likeness (QED) is 0.759. The van der Waals surface area contributed by atoms with Crippen molar-refractivity contribution in [2.45, 2.75) is 24.3 Å². The zero-order valence-corrected chi connectivity index (χ0v) is 14.3. The summed E-state index contributed by atoms with van der Waals surface area (Å²) in [6, 6.07) is 17.8. The van der Waals surface area contributed by atoms with Gasteiger partial charge in [0.1, 0.15) is 0 Å². The number of rotatable bonds is 6. The molecule has 106 valence electrons. The van der Waals surface area contributed by atoms with Crippen molar-refractivity contribution in [1.29, 1.82) is 0 Å². The summed E-state index contributed by atoms with van der Waals surface area (Å²) in [4.78, 5) is 1.32. The van der Waals surface area contributed by atoms with Gasteiger partial charge in [0.2, 0.25) is 0 Å². The molecule has 2 aromatic rings. The average molecular weight is 350 g/mol. The van der Waals surface area contributed by atoms with Gasteiger partial charge in [-0.2, -0.15) is 0 Å². The summed E-state index contributed by atoms with van der Waals surface area (Å²) in [7, 11) is 2.04. The molecule has 0 radical (unpaired) electrons. The van der Waals surface area contributed by atoms with Crippen molar-refractivity contribution < 1.29 is 0 Å². The number of thioether (sulfide) groups is 1. The van der Waals surface area contributed by atoms with E-state index in [4.69, 9.17) is 0 Å². The van der Waals surface area contributed by atoms with Crippen molar-refractivity contribution >= 4 is 27.7 Å². The van der Waals surface area contributed by atoms with E-state index in [9.17, 15) is 0 Å². The normalized spacial score (nSPS) is 12.3. The molecule has 0 amide bonds. The largest absolute Gasteiger partial charge is 0.316 e. The molecule has 0 spiro atoms. The Morgan fingerprint density at radius 1 is 1.05 bits per heavy atom. The highest BCUT2D eigenvalue weighted by Crippen LogP contribution is 2.22. The molecule has 0 heterocycles. The second-order valence-electron chi connectivity index (χ2n) is 4.94. The molecule has 2 rings (SSSR count). The Morgan fingerprint density at radius 3 is 2.30 bits per heavy atom. The molecule has 20 heavy (non-hydrogen) atoms. The van der Waals surface area contributed by atoms with Crippen LogP contribution in [0.4, 0.5) is 0 Å². The maximum absolute atomic E-state index is 3.47. The van der Waals surface area contributed by atoms with Crippen LogP contribution >= 0.6 is 27.7 Å². The van der Waals surface area contributed by atoms with Gasteiger partial charge < -0.3 is 5.32 Å². The summed E-state index contributed by atoms with van der Waals surface area (Å²) in [5.41, 5.74) is 2.71. The second kappa shape index (κ2) is 7.87. The molecule has 0 aromatic heterocycles. The van der Waals surface area contributed by atoms with E-state index in [0.717, 1.165) is 16.6 Å². The first-order valence-corrected chi connectivity index (χ1v) is 8.56. The summed E-state index contributed by atoms with van der Waals surface area (Å²) >= 11 is 5.37. The molecule has 1 unspecified atom stereocenters. The fraction of sp³-hybridized carbons (Fsp3) is 0.294. The summed E-state index contributed by atoms with van der Waals surface area (Å²) < 4.78 is 1.13. The van der Waals surface area contributed by atoms with Crippen LogP contribution in [0.25, 0.3) is 0 Å².